The van der Waals surface area contributed by atoms with Gasteiger partial charge in [-0.3, -0.25) is 9.59 Å². The van der Waals surface area contributed by atoms with E-state index in [2.05, 4.69) is 5.32 Å². The summed E-state index contributed by atoms with van der Waals surface area (Å²) in [5, 5.41) is 4.56. The molecule has 1 aromatic rings. The maximum atomic E-state index is 12.7. The minimum atomic E-state index is -4.98. The van der Waals surface area contributed by atoms with Gasteiger partial charge in [-0.05, 0) is 73.8 Å². The Bertz CT molecular complexity index is 725. The van der Waals surface area contributed by atoms with Crippen LogP contribution >= 0.6 is 0 Å². The van der Waals surface area contributed by atoms with Crippen molar-refractivity contribution in [1.82, 2.24) is 0 Å². The molecule has 0 atom stereocenters. The van der Waals surface area contributed by atoms with Crippen LogP contribution in [0.3, 0.4) is 0 Å². The van der Waals surface area contributed by atoms with Crippen LogP contribution in [0.4, 0.5) is 24.5 Å². The van der Waals surface area contributed by atoms with E-state index in [1.54, 1.807) is 6.07 Å². The summed E-state index contributed by atoms with van der Waals surface area (Å²) in [4.78, 5) is 23.9. The highest BCUT2D eigenvalue weighted by molar-refractivity contribution is 6.01. The lowest BCUT2D eigenvalue weighted by molar-refractivity contribution is -0.167. The minimum absolute atomic E-state index is 0.0429. The van der Waals surface area contributed by atoms with E-state index < -0.39 is 12.1 Å². The number of hydrogen-bond donors (Lipinski definition) is 2. The lowest BCUT2D eigenvalue weighted by Gasteiger charge is -2.56. The number of carbonyl (C=O) groups is 2. The Morgan fingerprint density at radius 1 is 0.926 bits per heavy atom. The monoisotopic (exact) mass is 380 g/mol. The van der Waals surface area contributed by atoms with Crippen molar-refractivity contribution in [3.8, 4) is 0 Å². The molecule has 7 heteroatoms. The molecule has 5 rings (SSSR count). The summed E-state index contributed by atoms with van der Waals surface area (Å²) in [6.45, 7) is 0. The molecule has 0 aromatic heterocycles. The van der Waals surface area contributed by atoms with Gasteiger partial charge in [0.05, 0.1) is 11.4 Å². The molecule has 0 saturated heterocycles. The van der Waals surface area contributed by atoms with Crippen LogP contribution < -0.4 is 10.6 Å². The zero-order valence-corrected chi connectivity index (χ0v) is 14.9. The molecule has 27 heavy (non-hydrogen) atoms. The Kier molecular flexibility index (Phi) is 4.43. The van der Waals surface area contributed by atoms with Gasteiger partial charge in [-0.1, -0.05) is 12.1 Å². The maximum absolute atomic E-state index is 12.7. The second-order valence-corrected chi connectivity index (χ2v) is 8.64. The number of benzene rings is 1. The summed E-state index contributed by atoms with van der Waals surface area (Å²) in [6, 6.07) is 5.98. The van der Waals surface area contributed by atoms with Crippen LogP contribution in [0.1, 0.15) is 44.9 Å². The summed E-state index contributed by atoms with van der Waals surface area (Å²) >= 11 is 0. The van der Waals surface area contributed by atoms with Crippen molar-refractivity contribution in [3.05, 3.63) is 24.3 Å². The fourth-order valence-corrected chi connectivity index (χ4v) is 5.94. The van der Waals surface area contributed by atoms with Crippen LogP contribution in [0, 0.1) is 23.2 Å². The first-order valence-corrected chi connectivity index (χ1v) is 9.49. The number of nitrogens with one attached hydrogen (secondary N) is 2. The summed E-state index contributed by atoms with van der Waals surface area (Å²) in [6.07, 6.45) is 2.53. The first-order valence-electron chi connectivity index (χ1n) is 9.49. The molecule has 2 N–H and O–H groups in total. The molecule has 4 aliphatic carbocycles. The van der Waals surface area contributed by atoms with Crippen LogP contribution in [0.15, 0.2) is 24.3 Å². The molecule has 1 aromatic carbocycles. The van der Waals surface area contributed by atoms with E-state index in [1.807, 2.05) is 5.32 Å². The second-order valence-electron chi connectivity index (χ2n) is 8.64. The molecule has 4 saturated carbocycles. The molecule has 4 fully saturated rings. The Balaban J connectivity index is 1.44. The quantitative estimate of drug-likeness (QED) is 0.793. The third-order valence-electron chi connectivity index (χ3n) is 6.41. The van der Waals surface area contributed by atoms with Crippen LogP contribution in [-0.4, -0.2) is 18.0 Å². The van der Waals surface area contributed by atoms with Crippen molar-refractivity contribution in [2.45, 2.75) is 51.1 Å². The zero-order chi connectivity index (χ0) is 19.2. The van der Waals surface area contributed by atoms with E-state index in [-0.39, 0.29) is 22.7 Å². The van der Waals surface area contributed by atoms with Gasteiger partial charge in [0.25, 0.3) is 0 Å². The fourth-order valence-electron chi connectivity index (χ4n) is 5.94. The average Bonchev–Trinajstić information content (AvgIpc) is 2.53. The molecule has 146 valence electrons. The summed E-state index contributed by atoms with van der Waals surface area (Å²) < 4.78 is 37.6. The molecular weight excluding hydrogens is 357 g/mol. The summed E-state index contributed by atoms with van der Waals surface area (Å²) in [5.74, 6) is -0.0665. The highest BCUT2D eigenvalue weighted by Crippen LogP contribution is 2.61. The number of anilines is 2. The molecule has 0 radical (unpaired) electrons. The third kappa shape index (κ3) is 3.82. The topological polar surface area (TPSA) is 58.2 Å². The molecule has 4 bridgehead atoms. The molecule has 0 unspecified atom stereocenters. The van der Waals surface area contributed by atoms with E-state index in [0.29, 0.717) is 6.42 Å². The zero-order valence-electron chi connectivity index (χ0n) is 14.9. The lowest BCUT2D eigenvalue weighted by atomic mass is 9.49. The normalized spacial score (nSPS) is 31.6. The van der Waals surface area contributed by atoms with E-state index >= 15 is 0 Å². The molecule has 0 heterocycles. The minimum Gasteiger partial charge on any atom is -0.324 e. The Labute approximate surface area is 155 Å². The standard InChI is InChI=1S/C20H23F3N2O2/c21-20(22,23)18(27)25-16-4-2-1-3-15(16)24-17(26)11-19-8-12-5-13(9-19)7-14(6-12)10-19/h1-4,12-14H,5-11H2,(H,24,26)(H,25,27). The predicted molar refractivity (Wildman–Crippen MR) is 95.0 cm³/mol. The van der Waals surface area contributed by atoms with E-state index in [9.17, 15) is 22.8 Å². The lowest BCUT2D eigenvalue weighted by Crippen LogP contribution is -2.47. The molecule has 4 aliphatic rings. The number of para-hydroxylation sites is 2. The van der Waals surface area contributed by atoms with Crippen molar-refractivity contribution in [3.63, 3.8) is 0 Å². The number of halogens is 3. The first-order chi connectivity index (χ1) is 12.7. The van der Waals surface area contributed by atoms with Gasteiger partial charge >= 0.3 is 12.1 Å². The number of hydrogen-bond acceptors (Lipinski definition) is 2. The van der Waals surface area contributed by atoms with Crippen molar-refractivity contribution in [2.24, 2.45) is 23.2 Å². The highest BCUT2D eigenvalue weighted by atomic mass is 19.4. The van der Waals surface area contributed by atoms with Crippen molar-refractivity contribution in [2.75, 3.05) is 10.6 Å². The predicted octanol–water partition coefficient (Wildman–Crippen LogP) is 4.73. The van der Waals surface area contributed by atoms with E-state index in [0.717, 1.165) is 37.0 Å². The summed E-state index contributed by atoms with van der Waals surface area (Å²) in [5.41, 5.74) is 0.201. The van der Waals surface area contributed by atoms with Crippen molar-refractivity contribution in [1.29, 1.82) is 0 Å². The Morgan fingerprint density at radius 2 is 1.41 bits per heavy atom. The van der Waals surface area contributed by atoms with Crippen LogP contribution in [-0.2, 0) is 9.59 Å². The van der Waals surface area contributed by atoms with Gasteiger partial charge in [-0.15, -0.1) is 0 Å². The SMILES string of the molecule is O=C(CC12CC3CC(CC(C3)C1)C2)Nc1ccccc1NC(=O)C(F)(F)F. The van der Waals surface area contributed by atoms with Gasteiger partial charge in [-0.25, -0.2) is 0 Å². The number of carbonyl (C=O) groups excluding carboxylic acids is 2. The van der Waals surface area contributed by atoms with Crippen molar-refractivity contribution >= 4 is 23.2 Å². The fraction of sp³-hybridized carbons (Fsp3) is 0.600. The van der Waals surface area contributed by atoms with Gasteiger partial charge in [0.2, 0.25) is 5.91 Å². The van der Waals surface area contributed by atoms with Gasteiger partial charge in [0.15, 0.2) is 0 Å². The van der Waals surface area contributed by atoms with Gasteiger partial charge in [0.1, 0.15) is 0 Å². The molecule has 2 amide bonds. The van der Waals surface area contributed by atoms with Crippen LogP contribution in [0.5, 0.6) is 0 Å². The van der Waals surface area contributed by atoms with E-state index in [4.69, 9.17) is 0 Å². The van der Waals surface area contributed by atoms with E-state index in [1.165, 1.54) is 37.5 Å². The second kappa shape index (κ2) is 6.53. The maximum Gasteiger partial charge on any atom is 0.471 e. The molecular formula is C20H23F3N2O2. The molecule has 0 aliphatic heterocycles. The van der Waals surface area contributed by atoms with Crippen molar-refractivity contribution < 1.29 is 22.8 Å². The number of alkyl halides is 3. The molecule has 4 nitrogen and oxygen atoms in total. The first kappa shape index (κ1) is 18.3. The highest BCUT2D eigenvalue weighted by Gasteiger charge is 2.51. The van der Waals surface area contributed by atoms with Crippen LogP contribution in [0.2, 0.25) is 0 Å². The summed E-state index contributed by atoms with van der Waals surface area (Å²) in [7, 11) is 0. The largest absolute Gasteiger partial charge is 0.471 e. The Morgan fingerprint density at radius 3 is 1.89 bits per heavy atom. The Hall–Kier alpha value is -2.05. The van der Waals surface area contributed by atoms with Gasteiger partial charge < -0.3 is 10.6 Å². The van der Waals surface area contributed by atoms with Crippen LogP contribution in [0.25, 0.3) is 0 Å². The number of rotatable bonds is 4. The smallest absolute Gasteiger partial charge is 0.324 e. The number of amides is 2. The molecule has 0 spiro atoms. The average molecular weight is 380 g/mol. The van der Waals surface area contributed by atoms with Gasteiger partial charge in [0, 0.05) is 6.42 Å². The third-order valence-corrected chi connectivity index (χ3v) is 6.41. The van der Waals surface area contributed by atoms with Gasteiger partial charge in [-0.2, -0.15) is 13.2 Å².